The van der Waals surface area contributed by atoms with Crippen molar-refractivity contribution >= 4 is 5.96 Å². The highest BCUT2D eigenvalue weighted by atomic mass is 16.5. The monoisotopic (exact) mass is 343 g/mol. The number of rotatable bonds is 6. The average Bonchev–Trinajstić information content (AvgIpc) is 3.37. The predicted molar refractivity (Wildman–Crippen MR) is 104 cm³/mol. The molecule has 4 nitrogen and oxygen atoms in total. The fourth-order valence-corrected chi connectivity index (χ4v) is 3.89. The van der Waals surface area contributed by atoms with Gasteiger partial charge in [0, 0.05) is 32.2 Å². The van der Waals surface area contributed by atoms with E-state index in [1.165, 1.54) is 36.8 Å². The Balaban J connectivity index is 1.53. The first kappa shape index (κ1) is 18.2. The van der Waals surface area contributed by atoms with Crippen LogP contribution in [0, 0.1) is 18.8 Å². The van der Waals surface area contributed by atoms with Crippen LogP contribution in [0.2, 0.25) is 0 Å². The molecule has 138 valence electrons. The lowest BCUT2D eigenvalue weighted by Gasteiger charge is -2.32. The van der Waals surface area contributed by atoms with Crippen LogP contribution in [0.3, 0.4) is 0 Å². The summed E-state index contributed by atoms with van der Waals surface area (Å²) in [5.41, 5.74) is 2.59. The van der Waals surface area contributed by atoms with Crippen molar-refractivity contribution in [1.82, 2.24) is 10.6 Å². The molecule has 0 amide bonds. The van der Waals surface area contributed by atoms with Gasteiger partial charge in [-0.25, -0.2) is 0 Å². The van der Waals surface area contributed by atoms with E-state index in [2.05, 4.69) is 53.7 Å². The molecule has 1 aliphatic carbocycles. The maximum absolute atomic E-state index is 6.12. The quantitative estimate of drug-likeness (QED) is 0.610. The van der Waals surface area contributed by atoms with Crippen LogP contribution >= 0.6 is 0 Å². The number of nitrogens with zero attached hydrogens (tertiary/aromatic N) is 1. The minimum Gasteiger partial charge on any atom is -0.373 e. The summed E-state index contributed by atoms with van der Waals surface area (Å²) in [6, 6.07) is 9.40. The molecular weight excluding hydrogens is 310 g/mol. The minimum absolute atomic E-state index is 0.189. The van der Waals surface area contributed by atoms with Crippen LogP contribution in [0.4, 0.5) is 0 Å². The molecule has 0 spiro atoms. The Morgan fingerprint density at radius 2 is 2.04 bits per heavy atom. The normalized spacial score (nSPS) is 29.3. The van der Waals surface area contributed by atoms with Crippen LogP contribution in [-0.2, 0) is 4.74 Å². The van der Waals surface area contributed by atoms with E-state index in [4.69, 9.17) is 4.74 Å². The van der Waals surface area contributed by atoms with Crippen LogP contribution in [0.5, 0.6) is 0 Å². The van der Waals surface area contributed by atoms with E-state index >= 15 is 0 Å². The summed E-state index contributed by atoms with van der Waals surface area (Å²) in [5.74, 6) is 2.26. The molecular formula is C21H33N3O. The molecule has 2 fully saturated rings. The Labute approximate surface area is 152 Å². The Morgan fingerprint density at radius 1 is 1.24 bits per heavy atom. The van der Waals surface area contributed by atoms with Crippen LogP contribution in [0.15, 0.2) is 29.3 Å². The van der Waals surface area contributed by atoms with Crippen LogP contribution in [0.25, 0.3) is 0 Å². The summed E-state index contributed by atoms with van der Waals surface area (Å²) in [7, 11) is 1.86. The van der Waals surface area contributed by atoms with Gasteiger partial charge in [-0.1, -0.05) is 43.2 Å². The number of nitrogens with one attached hydrogen (secondary N) is 2. The summed E-state index contributed by atoms with van der Waals surface area (Å²) in [4.78, 5) is 4.41. The number of benzene rings is 1. The van der Waals surface area contributed by atoms with Gasteiger partial charge in [-0.15, -0.1) is 0 Å². The number of aryl methyl sites for hydroxylation is 1. The van der Waals surface area contributed by atoms with Crippen molar-refractivity contribution in [3.8, 4) is 0 Å². The van der Waals surface area contributed by atoms with Gasteiger partial charge in [0.15, 0.2) is 5.96 Å². The first-order valence-corrected chi connectivity index (χ1v) is 9.86. The van der Waals surface area contributed by atoms with Crippen LogP contribution in [0.1, 0.15) is 56.3 Å². The molecule has 4 atom stereocenters. The topological polar surface area (TPSA) is 45.7 Å². The second-order valence-corrected chi connectivity index (χ2v) is 7.59. The van der Waals surface area contributed by atoms with Crippen molar-refractivity contribution < 1.29 is 4.74 Å². The average molecular weight is 344 g/mol. The molecule has 1 aliphatic heterocycles. The molecule has 1 aromatic rings. The second-order valence-electron chi connectivity index (χ2n) is 7.59. The Bertz CT molecular complexity index is 569. The molecule has 2 aliphatic rings. The lowest BCUT2D eigenvalue weighted by Crippen LogP contribution is -2.43. The zero-order valence-electron chi connectivity index (χ0n) is 15.9. The third-order valence-corrected chi connectivity index (χ3v) is 5.51. The first-order valence-electron chi connectivity index (χ1n) is 9.86. The Morgan fingerprint density at radius 3 is 2.76 bits per heavy atom. The van der Waals surface area contributed by atoms with Gasteiger partial charge in [-0.05, 0) is 44.1 Å². The smallest absolute Gasteiger partial charge is 0.191 e. The third kappa shape index (κ3) is 4.97. The zero-order valence-corrected chi connectivity index (χ0v) is 15.9. The molecule has 4 heteroatoms. The molecule has 1 saturated heterocycles. The predicted octanol–water partition coefficient (Wildman–Crippen LogP) is 3.82. The van der Waals surface area contributed by atoms with Gasteiger partial charge in [-0.3, -0.25) is 4.99 Å². The van der Waals surface area contributed by atoms with Crippen molar-refractivity contribution in [3.05, 3.63) is 35.4 Å². The van der Waals surface area contributed by atoms with E-state index in [0.717, 1.165) is 31.4 Å². The molecule has 0 radical (unpaired) electrons. The number of hydrogen-bond donors (Lipinski definition) is 2. The highest BCUT2D eigenvalue weighted by Crippen LogP contribution is 2.35. The molecule has 25 heavy (non-hydrogen) atoms. The van der Waals surface area contributed by atoms with E-state index < -0.39 is 0 Å². The number of hydrogen-bond acceptors (Lipinski definition) is 2. The molecule has 0 bridgehead atoms. The summed E-state index contributed by atoms with van der Waals surface area (Å²) >= 11 is 0. The van der Waals surface area contributed by atoms with Gasteiger partial charge < -0.3 is 15.4 Å². The van der Waals surface area contributed by atoms with Gasteiger partial charge in [0.2, 0.25) is 0 Å². The van der Waals surface area contributed by atoms with E-state index in [1.807, 2.05) is 7.05 Å². The zero-order chi connectivity index (χ0) is 17.6. The largest absolute Gasteiger partial charge is 0.373 e. The van der Waals surface area contributed by atoms with Crippen LogP contribution in [-0.4, -0.2) is 32.2 Å². The Hall–Kier alpha value is -1.55. The van der Waals surface area contributed by atoms with Gasteiger partial charge in [-0.2, -0.15) is 0 Å². The molecule has 1 aromatic carbocycles. The number of aliphatic imine (C=N–C) groups is 1. The fraction of sp³-hybridized carbons (Fsp3) is 0.667. The maximum Gasteiger partial charge on any atom is 0.191 e. The molecule has 4 unspecified atom stereocenters. The standard InChI is InChI=1S/C21H33N3O/c1-4-6-17-13-19(17)24-21(22-3)23-14-18-7-5-12-25-20(18)16-10-8-15(2)9-11-16/h8-11,17-20H,4-7,12-14H2,1-3H3,(H2,22,23,24). The molecule has 0 aromatic heterocycles. The van der Waals surface area contributed by atoms with Crippen LogP contribution < -0.4 is 10.6 Å². The fourth-order valence-electron chi connectivity index (χ4n) is 3.89. The van der Waals surface area contributed by atoms with Crippen molar-refractivity contribution in [1.29, 1.82) is 0 Å². The minimum atomic E-state index is 0.189. The maximum atomic E-state index is 6.12. The van der Waals surface area contributed by atoms with Crippen molar-refractivity contribution in [3.63, 3.8) is 0 Å². The van der Waals surface area contributed by atoms with Crippen molar-refractivity contribution in [2.45, 2.75) is 58.1 Å². The van der Waals surface area contributed by atoms with Gasteiger partial charge in [0.05, 0.1) is 6.10 Å². The summed E-state index contributed by atoms with van der Waals surface area (Å²) in [5, 5.41) is 7.12. The molecule has 1 heterocycles. The van der Waals surface area contributed by atoms with E-state index in [0.29, 0.717) is 12.0 Å². The van der Waals surface area contributed by atoms with Crippen molar-refractivity contribution in [2.75, 3.05) is 20.2 Å². The van der Waals surface area contributed by atoms with Gasteiger partial charge >= 0.3 is 0 Å². The van der Waals surface area contributed by atoms with E-state index in [-0.39, 0.29) is 6.10 Å². The number of ether oxygens (including phenoxy) is 1. The van der Waals surface area contributed by atoms with E-state index in [1.54, 1.807) is 0 Å². The lowest BCUT2D eigenvalue weighted by atomic mass is 9.89. The summed E-state index contributed by atoms with van der Waals surface area (Å²) in [6.07, 6.45) is 6.40. The first-order chi connectivity index (χ1) is 12.2. The van der Waals surface area contributed by atoms with Crippen molar-refractivity contribution in [2.24, 2.45) is 16.8 Å². The Kier molecular flexibility index (Phi) is 6.35. The lowest BCUT2D eigenvalue weighted by molar-refractivity contribution is -0.0265. The summed E-state index contributed by atoms with van der Waals surface area (Å²) in [6.45, 7) is 6.16. The second kappa shape index (κ2) is 8.70. The van der Waals surface area contributed by atoms with Gasteiger partial charge in [0.25, 0.3) is 0 Å². The highest BCUT2D eigenvalue weighted by molar-refractivity contribution is 5.80. The molecule has 1 saturated carbocycles. The summed E-state index contributed by atoms with van der Waals surface area (Å²) < 4.78 is 6.12. The van der Waals surface area contributed by atoms with Gasteiger partial charge in [0.1, 0.15) is 0 Å². The molecule has 2 N–H and O–H groups in total. The number of guanidine groups is 1. The SMILES string of the molecule is CCCC1CC1NC(=NC)NCC1CCCOC1c1ccc(C)cc1. The highest BCUT2D eigenvalue weighted by Gasteiger charge is 2.36. The van der Waals surface area contributed by atoms with E-state index in [9.17, 15) is 0 Å². The third-order valence-electron chi connectivity index (χ3n) is 5.51. The molecule has 3 rings (SSSR count).